The average molecular weight is 376 g/mol. The third-order valence-corrected chi connectivity index (χ3v) is 4.20. The fourth-order valence-corrected chi connectivity index (χ4v) is 2.85. The van der Waals surface area contributed by atoms with Gasteiger partial charge in [0.05, 0.1) is 0 Å². The van der Waals surface area contributed by atoms with E-state index in [-0.39, 0.29) is 12.8 Å². The van der Waals surface area contributed by atoms with E-state index in [1.165, 1.54) is 6.92 Å². The zero-order valence-corrected chi connectivity index (χ0v) is 15.1. The number of benzene rings is 1. The van der Waals surface area contributed by atoms with Crippen LogP contribution in [0, 0.1) is 0 Å². The monoisotopic (exact) mass is 376 g/mol. The van der Waals surface area contributed by atoms with Crippen LogP contribution in [0.1, 0.15) is 26.3 Å². The molecule has 2 heterocycles. The number of hydrogen-bond donors (Lipinski definition) is 3. The number of urea groups is 2. The van der Waals surface area contributed by atoms with E-state index in [1.54, 1.807) is 32.0 Å². The van der Waals surface area contributed by atoms with Gasteiger partial charge in [0.25, 0.3) is 5.91 Å². The Hall–Kier alpha value is -3.30. The van der Waals surface area contributed by atoms with Gasteiger partial charge in [0.2, 0.25) is 12.7 Å². The Morgan fingerprint density at radius 1 is 1.26 bits per heavy atom. The normalized spacial score (nSPS) is 20.7. The maximum absolute atomic E-state index is 12.8. The van der Waals surface area contributed by atoms with E-state index in [0.717, 1.165) is 4.90 Å². The van der Waals surface area contributed by atoms with Gasteiger partial charge >= 0.3 is 12.1 Å². The van der Waals surface area contributed by atoms with Crippen LogP contribution in [0.15, 0.2) is 18.2 Å². The molecule has 3 rings (SSSR count). The minimum Gasteiger partial charge on any atom is -0.454 e. The first-order valence-electron chi connectivity index (χ1n) is 8.35. The van der Waals surface area contributed by atoms with E-state index in [0.29, 0.717) is 17.1 Å². The van der Waals surface area contributed by atoms with E-state index in [4.69, 9.17) is 9.47 Å². The number of amides is 6. The zero-order valence-electron chi connectivity index (χ0n) is 15.1. The van der Waals surface area contributed by atoms with Crippen molar-refractivity contribution in [1.29, 1.82) is 0 Å². The van der Waals surface area contributed by atoms with Crippen LogP contribution in [0.2, 0.25) is 0 Å². The summed E-state index contributed by atoms with van der Waals surface area (Å²) < 4.78 is 10.5. The number of nitrogens with zero attached hydrogens (tertiary/aromatic N) is 1. The van der Waals surface area contributed by atoms with Gasteiger partial charge in [-0.05, 0) is 38.5 Å². The molecule has 3 N–H and O–H groups in total. The van der Waals surface area contributed by atoms with Crippen LogP contribution in [0.25, 0.3) is 0 Å². The summed E-state index contributed by atoms with van der Waals surface area (Å²) in [4.78, 5) is 49.4. The van der Waals surface area contributed by atoms with E-state index in [2.05, 4.69) is 16.0 Å². The number of fused-ring (bicyclic) bond motifs is 1. The Kier molecular flexibility index (Phi) is 4.64. The van der Waals surface area contributed by atoms with Crippen molar-refractivity contribution in [3.05, 3.63) is 23.8 Å². The maximum Gasteiger partial charge on any atom is 0.325 e. The third kappa shape index (κ3) is 3.50. The summed E-state index contributed by atoms with van der Waals surface area (Å²) in [5.74, 6) is -0.360. The number of carbonyl (C=O) groups is 4. The van der Waals surface area contributed by atoms with Crippen molar-refractivity contribution in [2.45, 2.75) is 32.4 Å². The Labute approximate surface area is 155 Å². The average Bonchev–Trinajstić information content (AvgIpc) is 3.12. The minimum atomic E-state index is -1.36. The molecule has 1 atom stereocenters. The highest BCUT2D eigenvalue weighted by Crippen LogP contribution is 2.37. The Morgan fingerprint density at radius 2 is 1.96 bits per heavy atom. The van der Waals surface area contributed by atoms with E-state index < -0.39 is 36.0 Å². The van der Waals surface area contributed by atoms with E-state index in [9.17, 15) is 19.2 Å². The van der Waals surface area contributed by atoms with Gasteiger partial charge < -0.3 is 20.1 Å². The molecule has 0 radical (unpaired) electrons. The van der Waals surface area contributed by atoms with Gasteiger partial charge in [-0.3, -0.25) is 19.8 Å². The molecule has 10 nitrogen and oxygen atoms in total. The quantitative estimate of drug-likeness (QED) is 0.654. The first kappa shape index (κ1) is 18.5. The molecule has 1 saturated heterocycles. The van der Waals surface area contributed by atoms with Gasteiger partial charge in [-0.1, -0.05) is 6.07 Å². The Morgan fingerprint density at radius 3 is 2.67 bits per heavy atom. The standard InChI is InChI=1S/C17H20N4O6/c1-9(2)18-15(24)19-13(22)7-21-14(23)17(3,20-16(21)25)10-4-5-11-12(6-10)27-8-26-11/h4-6,9H,7-8H2,1-3H3,(H,20,25)(H2,18,19,22,24)/t17-/m0/s1. The summed E-state index contributed by atoms with van der Waals surface area (Å²) in [6.45, 7) is 4.52. The van der Waals surface area contributed by atoms with Crippen molar-refractivity contribution in [3.63, 3.8) is 0 Å². The summed E-state index contributed by atoms with van der Waals surface area (Å²) >= 11 is 0. The first-order chi connectivity index (χ1) is 12.7. The Balaban J connectivity index is 1.73. The molecule has 0 aliphatic carbocycles. The van der Waals surface area contributed by atoms with Crippen molar-refractivity contribution in [2.24, 2.45) is 0 Å². The van der Waals surface area contributed by atoms with E-state index in [1.807, 2.05) is 0 Å². The zero-order chi connectivity index (χ0) is 19.8. The lowest BCUT2D eigenvalue weighted by atomic mass is 9.91. The topological polar surface area (TPSA) is 126 Å². The minimum absolute atomic E-state index is 0.0839. The summed E-state index contributed by atoms with van der Waals surface area (Å²) in [7, 11) is 0. The van der Waals surface area contributed by atoms with Crippen LogP contribution < -0.4 is 25.4 Å². The van der Waals surface area contributed by atoms with Gasteiger partial charge in [0.1, 0.15) is 12.1 Å². The number of rotatable bonds is 4. The number of ether oxygens (including phenoxy) is 2. The van der Waals surface area contributed by atoms with Crippen LogP contribution in [0.3, 0.4) is 0 Å². The fourth-order valence-electron chi connectivity index (χ4n) is 2.85. The van der Waals surface area contributed by atoms with Crippen LogP contribution >= 0.6 is 0 Å². The second kappa shape index (κ2) is 6.78. The predicted octanol–water partition coefficient (Wildman–Crippen LogP) is 0.417. The first-order valence-corrected chi connectivity index (χ1v) is 8.35. The molecule has 0 saturated carbocycles. The second-order valence-electron chi connectivity index (χ2n) is 6.69. The molecule has 0 spiro atoms. The van der Waals surface area contributed by atoms with Crippen molar-refractivity contribution >= 4 is 23.9 Å². The molecule has 10 heteroatoms. The van der Waals surface area contributed by atoms with Crippen LogP contribution in [0.4, 0.5) is 9.59 Å². The molecule has 1 aromatic rings. The van der Waals surface area contributed by atoms with Crippen molar-refractivity contribution in [1.82, 2.24) is 20.9 Å². The van der Waals surface area contributed by atoms with Crippen LogP contribution in [0.5, 0.6) is 11.5 Å². The SMILES string of the molecule is CC(C)NC(=O)NC(=O)CN1C(=O)N[C@@](C)(c2ccc3c(c2)OCO3)C1=O. The Bertz CT molecular complexity index is 824. The maximum atomic E-state index is 12.8. The summed E-state index contributed by atoms with van der Waals surface area (Å²) in [5.41, 5.74) is -0.871. The molecule has 144 valence electrons. The lowest BCUT2D eigenvalue weighted by Crippen LogP contribution is -2.48. The highest BCUT2D eigenvalue weighted by molar-refractivity contribution is 6.10. The van der Waals surface area contributed by atoms with Crippen molar-refractivity contribution in [2.75, 3.05) is 13.3 Å². The molecule has 27 heavy (non-hydrogen) atoms. The smallest absolute Gasteiger partial charge is 0.325 e. The highest BCUT2D eigenvalue weighted by atomic mass is 16.7. The number of imide groups is 2. The molecular weight excluding hydrogens is 356 g/mol. The molecule has 6 amide bonds. The predicted molar refractivity (Wildman–Crippen MR) is 92.0 cm³/mol. The highest BCUT2D eigenvalue weighted by Gasteiger charge is 2.50. The fraction of sp³-hybridized carbons (Fsp3) is 0.412. The van der Waals surface area contributed by atoms with Gasteiger partial charge in [0.15, 0.2) is 11.5 Å². The largest absolute Gasteiger partial charge is 0.454 e. The van der Waals surface area contributed by atoms with Gasteiger partial charge in [0, 0.05) is 6.04 Å². The van der Waals surface area contributed by atoms with Crippen LogP contribution in [-0.2, 0) is 15.1 Å². The van der Waals surface area contributed by atoms with E-state index >= 15 is 0 Å². The lowest BCUT2D eigenvalue weighted by Gasteiger charge is -2.22. The summed E-state index contributed by atoms with van der Waals surface area (Å²) in [5, 5.41) is 7.16. The molecule has 1 aromatic carbocycles. The van der Waals surface area contributed by atoms with Gasteiger partial charge in [-0.15, -0.1) is 0 Å². The molecule has 0 unspecified atom stereocenters. The number of hydrogen-bond acceptors (Lipinski definition) is 6. The summed E-state index contributed by atoms with van der Waals surface area (Å²) in [6.07, 6.45) is 0. The van der Waals surface area contributed by atoms with Gasteiger partial charge in [-0.2, -0.15) is 0 Å². The molecule has 2 aliphatic rings. The number of carbonyl (C=O) groups excluding carboxylic acids is 4. The van der Waals surface area contributed by atoms with Crippen molar-refractivity contribution < 1.29 is 28.7 Å². The second-order valence-corrected chi connectivity index (χ2v) is 6.69. The molecule has 1 fully saturated rings. The van der Waals surface area contributed by atoms with Gasteiger partial charge in [-0.25, -0.2) is 9.59 Å². The summed E-state index contributed by atoms with van der Waals surface area (Å²) in [6, 6.07) is 3.32. The van der Waals surface area contributed by atoms with Crippen LogP contribution in [-0.4, -0.2) is 48.2 Å². The third-order valence-electron chi connectivity index (χ3n) is 4.20. The molecule has 0 aromatic heterocycles. The van der Waals surface area contributed by atoms with Crippen molar-refractivity contribution in [3.8, 4) is 11.5 Å². The molecular formula is C17H20N4O6. The lowest BCUT2D eigenvalue weighted by molar-refractivity contribution is -0.134. The number of nitrogens with one attached hydrogen (secondary N) is 3. The molecule has 0 bridgehead atoms. The molecule has 2 aliphatic heterocycles.